The van der Waals surface area contributed by atoms with Crippen molar-refractivity contribution < 1.29 is 42.1 Å². The molecule has 2 atom stereocenters. The summed E-state index contributed by atoms with van der Waals surface area (Å²) in [5, 5.41) is 0. The van der Waals surface area contributed by atoms with Crippen molar-refractivity contribution in [2.75, 3.05) is 47.5 Å². The standard InChI is InChI=1S/C72H120NO8P/c1-6-8-10-12-14-16-18-20-22-24-26-27-28-29-30-31-32-33-34-35-36-37-38-39-40-41-42-43-44-45-47-49-51-53-55-57-59-61-63-65-72(75)81-70(69-80-82(76,77)79-67-66-73(3,4)5)68-78-71(74)64-62-60-58-56-54-52-50-48-46-25-23-21-19-17-15-13-11-9-7-2/h8,10,14,16,20,22,26-27,29-30,32-33,35-36,38-39,41-42,44-45,49,51,55,57,70H,6-7,9,11-13,15,17-19,21,23-25,28,31,34,37,40,43,46-48,50,52-54,56,58-69H2,1-5H3/b10-8-,16-14-,22-20-,27-26-,30-29-,33-32-,36-35-,39-38-,42-41-,45-44-,51-49-,57-55-. The SMILES string of the molecule is CC/C=C\C/C=C\C/C=C\C/C=C\C/C=C\C/C=C\C/C=C\C/C=C\C/C=C\C/C=C\C/C=C\C/C=C\CCCCC(=O)OC(COC(=O)CCCCCCCCCCCCCCCCCCCCC)COP(=O)([O-])OCC[N+](C)(C)C. The fraction of sp³-hybridized carbons (Fsp3) is 0.639. The largest absolute Gasteiger partial charge is 0.756 e. The van der Waals surface area contributed by atoms with E-state index in [2.05, 4.69) is 160 Å². The van der Waals surface area contributed by atoms with E-state index in [9.17, 15) is 19.0 Å². The smallest absolute Gasteiger partial charge is 0.306 e. The van der Waals surface area contributed by atoms with E-state index in [-0.39, 0.29) is 26.1 Å². The van der Waals surface area contributed by atoms with Crippen LogP contribution < -0.4 is 4.89 Å². The molecule has 0 aromatic rings. The molecule has 9 nitrogen and oxygen atoms in total. The van der Waals surface area contributed by atoms with Gasteiger partial charge in [0.25, 0.3) is 7.82 Å². The normalized spacial score (nSPS) is 14.2. The zero-order valence-electron chi connectivity index (χ0n) is 52.9. The molecule has 82 heavy (non-hydrogen) atoms. The summed E-state index contributed by atoms with van der Waals surface area (Å²) < 4.78 is 34.1. The Kier molecular flexibility index (Phi) is 58.4. The summed E-state index contributed by atoms with van der Waals surface area (Å²) in [7, 11) is 1.12. The van der Waals surface area contributed by atoms with Gasteiger partial charge in [-0.1, -0.05) is 275 Å². The summed E-state index contributed by atoms with van der Waals surface area (Å²) >= 11 is 0. The number of rotatable bonds is 58. The van der Waals surface area contributed by atoms with E-state index in [1.54, 1.807) is 0 Å². The van der Waals surface area contributed by atoms with Gasteiger partial charge in [0.1, 0.15) is 19.8 Å². The Bertz CT molecular complexity index is 1890. The molecule has 10 heteroatoms. The molecule has 0 aliphatic heterocycles. The van der Waals surface area contributed by atoms with Gasteiger partial charge in [-0.15, -0.1) is 0 Å². The van der Waals surface area contributed by atoms with Crippen LogP contribution in [0.5, 0.6) is 0 Å². The van der Waals surface area contributed by atoms with Crippen LogP contribution in [0.3, 0.4) is 0 Å². The monoisotopic (exact) mass is 1160 g/mol. The average Bonchev–Trinajstić information content (AvgIpc) is 3.46. The van der Waals surface area contributed by atoms with Crippen molar-refractivity contribution in [1.29, 1.82) is 0 Å². The molecule has 0 aliphatic carbocycles. The first-order valence-corrected chi connectivity index (χ1v) is 34.0. The molecule has 0 spiro atoms. The van der Waals surface area contributed by atoms with Gasteiger partial charge >= 0.3 is 11.9 Å². The third kappa shape index (κ3) is 65.0. The van der Waals surface area contributed by atoms with E-state index in [0.717, 1.165) is 109 Å². The Balaban J connectivity index is 4.23. The third-order valence-corrected chi connectivity index (χ3v) is 14.3. The van der Waals surface area contributed by atoms with E-state index in [1.807, 2.05) is 21.1 Å². The number of allylic oxidation sites excluding steroid dienone is 24. The average molecular weight is 1160 g/mol. The zero-order valence-corrected chi connectivity index (χ0v) is 53.8. The number of phosphoric ester groups is 1. The lowest BCUT2D eigenvalue weighted by Gasteiger charge is -2.28. The van der Waals surface area contributed by atoms with Crippen LogP contribution in [0.1, 0.15) is 245 Å². The number of carbonyl (C=O) groups is 2. The summed E-state index contributed by atoms with van der Waals surface area (Å²) in [5.74, 6) is -0.888. The van der Waals surface area contributed by atoms with Gasteiger partial charge in [-0.3, -0.25) is 14.2 Å². The molecule has 0 aliphatic rings. The molecule has 0 aromatic carbocycles. The first kappa shape index (κ1) is 77.9. The van der Waals surface area contributed by atoms with Crippen molar-refractivity contribution in [3.05, 3.63) is 146 Å². The first-order chi connectivity index (χ1) is 40.0. The molecular weight excluding hydrogens is 1040 g/mol. The van der Waals surface area contributed by atoms with Crippen LogP contribution in [0.25, 0.3) is 0 Å². The van der Waals surface area contributed by atoms with Crippen molar-refractivity contribution in [2.45, 2.75) is 251 Å². The van der Waals surface area contributed by atoms with E-state index in [0.29, 0.717) is 17.4 Å². The molecular formula is C72H120NO8P. The summed E-state index contributed by atoms with van der Waals surface area (Å²) in [6.07, 6.45) is 90.6. The lowest BCUT2D eigenvalue weighted by molar-refractivity contribution is -0.870. The minimum atomic E-state index is -4.66. The molecule has 0 amide bonds. The number of ether oxygens (including phenoxy) is 2. The van der Waals surface area contributed by atoms with E-state index < -0.39 is 32.5 Å². The van der Waals surface area contributed by atoms with Crippen molar-refractivity contribution >= 4 is 19.8 Å². The highest BCUT2D eigenvalue weighted by molar-refractivity contribution is 7.45. The third-order valence-electron chi connectivity index (χ3n) is 13.4. The van der Waals surface area contributed by atoms with Gasteiger partial charge < -0.3 is 27.9 Å². The summed E-state index contributed by atoms with van der Waals surface area (Å²) in [5.41, 5.74) is 0. The highest BCUT2D eigenvalue weighted by atomic mass is 31.2. The second kappa shape index (κ2) is 61.5. The lowest BCUT2D eigenvalue weighted by Crippen LogP contribution is -2.37. The minimum Gasteiger partial charge on any atom is -0.756 e. The highest BCUT2D eigenvalue weighted by Gasteiger charge is 2.22. The molecule has 2 unspecified atom stereocenters. The van der Waals surface area contributed by atoms with E-state index >= 15 is 0 Å². The second-order valence-electron chi connectivity index (χ2n) is 22.4. The van der Waals surface area contributed by atoms with Gasteiger partial charge in [-0.2, -0.15) is 0 Å². The highest BCUT2D eigenvalue weighted by Crippen LogP contribution is 2.38. The first-order valence-electron chi connectivity index (χ1n) is 32.5. The molecule has 0 fully saturated rings. The number of phosphoric acid groups is 1. The summed E-state index contributed by atoms with van der Waals surface area (Å²) in [4.78, 5) is 37.9. The van der Waals surface area contributed by atoms with Crippen molar-refractivity contribution in [3.8, 4) is 0 Å². The number of quaternary nitrogens is 1. The van der Waals surface area contributed by atoms with Crippen LogP contribution in [0.15, 0.2) is 146 Å². The van der Waals surface area contributed by atoms with Crippen LogP contribution in [-0.2, 0) is 32.7 Å². The Morgan fingerprint density at radius 1 is 0.390 bits per heavy atom. The number of likely N-dealkylation sites (N-methyl/N-ethyl adjacent to an activating group) is 1. The lowest BCUT2D eigenvalue weighted by atomic mass is 10.0. The molecule has 0 saturated carbocycles. The van der Waals surface area contributed by atoms with Crippen LogP contribution >= 0.6 is 7.82 Å². The van der Waals surface area contributed by atoms with Crippen LogP contribution in [0.4, 0.5) is 0 Å². The van der Waals surface area contributed by atoms with Gasteiger partial charge in [0.15, 0.2) is 6.10 Å². The maximum atomic E-state index is 12.8. The molecule has 466 valence electrons. The second-order valence-corrected chi connectivity index (χ2v) is 23.8. The topological polar surface area (TPSA) is 111 Å². The van der Waals surface area contributed by atoms with Gasteiger partial charge in [-0.05, 0) is 103 Å². The number of hydrogen-bond donors (Lipinski definition) is 0. The number of carbonyl (C=O) groups excluding carboxylic acids is 2. The molecule has 0 heterocycles. The molecule has 0 rings (SSSR count). The maximum Gasteiger partial charge on any atom is 0.306 e. The number of nitrogens with zero attached hydrogens (tertiary/aromatic N) is 1. The molecule has 0 N–H and O–H groups in total. The molecule has 0 saturated heterocycles. The van der Waals surface area contributed by atoms with Gasteiger partial charge in [0, 0.05) is 12.8 Å². The summed E-state index contributed by atoms with van der Waals surface area (Å²) in [6, 6.07) is 0. The number of unbranched alkanes of at least 4 members (excludes halogenated alkanes) is 20. The van der Waals surface area contributed by atoms with E-state index in [1.165, 1.54) is 103 Å². The van der Waals surface area contributed by atoms with Crippen molar-refractivity contribution in [1.82, 2.24) is 0 Å². The Hall–Kier alpha value is -4.11. The summed E-state index contributed by atoms with van der Waals surface area (Å²) in [6.45, 7) is 4.08. The number of esters is 2. The maximum absolute atomic E-state index is 12.8. The Labute approximate surface area is 503 Å². The molecule has 0 radical (unpaired) electrons. The quantitative estimate of drug-likeness (QED) is 0.0195. The van der Waals surface area contributed by atoms with Crippen LogP contribution in [0.2, 0.25) is 0 Å². The number of hydrogen-bond acceptors (Lipinski definition) is 8. The molecule has 0 bridgehead atoms. The van der Waals surface area contributed by atoms with Crippen LogP contribution in [0, 0.1) is 0 Å². The predicted molar refractivity (Wildman–Crippen MR) is 350 cm³/mol. The zero-order chi connectivity index (χ0) is 59.8. The van der Waals surface area contributed by atoms with Crippen LogP contribution in [-0.4, -0.2) is 70.0 Å². The minimum absolute atomic E-state index is 0.0456. The predicted octanol–water partition coefficient (Wildman–Crippen LogP) is 20.4. The fourth-order valence-electron chi connectivity index (χ4n) is 8.40. The Morgan fingerprint density at radius 2 is 0.695 bits per heavy atom. The van der Waals surface area contributed by atoms with Crippen molar-refractivity contribution in [3.63, 3.8) is 0 Å². The Morgan fingerprint density at radius 3 is 1.04 bits per heavy atom. The van der Waals surface area contributed by atoms with Gasteiger partial charge in [-0.25, -0.2) is 0 Å². The van der Waals surface area contributed by atoms with Gasteiger partial charge in [0.05, 0.1) is 27.7 Å². The fourth-order valence-corrected chi connectivity index (χ4v) is 9.13. The van der Waals surface area contributed by atoms with Gasteiger partial charge in [0.2, 0.25) is 0 Å². The molecule has 0 aromatic heterocycles. The van der Waals surface area contributed by atoms with E-state index in [4.69, 9.17) is 18.5 Å². The van der Waals surface area contributed by atoms with Crippen molar-refractivity contribution in [2.24, 2.45) is 0 Å².